The molecule has 0 saturated carbocycles. The molecular formula is C19H17Cl2N5. The van der Waals surface area contributed by atoms with E-state index >= 15 is 0 Å². The molecule has 0 aliphatic heterocycles. The first kappa shape index (κ1) is 18.2. The Morgan fingerprint density at radius 2 is 1.77 bits per heavy atom. The molecule has 132 valence electrons. The highest BCUT2D eigenvalue weighted by molar-refractivity contribution is 6.30. The fraction of sp³-hybridized carbons (Fsp3) is 0.105. The Morgan fingerprint density at radius 3 is 2.46 bits per heavy atom. The first-order chi connectivity index (χ1) is 12.6. The van der Waals surface area contributed by atoms with Gasteiger partial charge in [-0.3, -0.25) is 5.41 Å². The van der Waals surface area contributed by atoms with Gasteiger partial charge >= 0.3 is 0 Å². The lowest BCUT2D eigenvalue weighted by Crippen LogP contribution is -2.16. The van der Waals surface area contributed by atoms with E-state index in [4.69, 9.17) is 34.3 Å². The van der Waals surface area contributed by atoms with Gasteiger partial charge in [-0.25, -0.2) is 9.97 Å². The van der Waals surface area contributed by atoms with Gasteiger partial charge in [0.25, 0.3) is 0 Å². The molecule has 0 saturated heterocycles. The number of hydrogen-bond acceptors (Lipinski definition) is 5. The van der Waals surface area contributed by atoms with Crippen LogP contribution in [0.3, 0.4) is 0 Å². The zero-order valence-corrected chi connectivity index (χ0v) is 15.3. The number of hydrogen-bond donors (Lipinski definition) is 3. The van der Waals surface area contributed by atoms with Gasteiger partial charge in [0, 0.05) is 17.1 Å². The molecule has 1 atom stereocenters. The molecule has 4 N–H and O–H groups in total. The normalized spacial score (nSPS) is 11.8. The Labute approximate surface area is 161 Å². The van der Waals surface area contributed by atoms with Gasteiger partial charge in [-0.1, -0.05) is 54.1 Å². The number of nitrogens with zero attached hydrogens (tertiary/aromatic N) is 2. The van der Waals surface area contributed by atoms with Crippen LogP contribution in [0.5, 0.6) is 0 Å². The fourth-order valence-corrected chi connectivity index (χ4v) is 2.86. The number of nitrogens with one attached hydrogen (secondary N) is 2. The summed E-state index contributed by atoms with van der Waals surface area (Å²) in [5.74, 6) is 0.701. The van der Waals surface area contributed by atoms with Gasteiger partial charge in [0.05, 0.1) is 16.7 Å². The van der Waals surface area contributed by atoms with Gasteiger partial charge in [-0.05, 0) is 17.7 Å². The van der Waals surface area contributed by atoms with Crippen LogP contribution in [0.1, 0.15) is 22.1 Å². The second-order valence-electron chi connectivity index (χ2n) is 5.62. The summed E-state index contributed by atoms with van der Waals surface area (Å²) < 4.78 is 0. The number of alkyl halides is 1. The van der Waals surface area contributed by atoms with E-state index in [1.807, 2.05) is 30.3 Å². The fourth-order valence-electron chi connectivity index (χ4n) is 2.51. The van der Waals surface area contributed by atoms with Gasteiger partial charge in [-0.15, -0.1) is 11.6 Å². The van der Waals surface area contributed by atoms with Crippen molar-refractivity contribution >= 4 is 40.5 Å². The molecule has 1 aromatic heterocycles. The smallest absolute Gasteiger partial charge is 0.141 e. The van der Waals surface area contributed by atoms with Crippen LogP contribution in [0.15, 0.2) is 60.9 Å². The average molecular weight is 386 g/mol. The number of nitrogens with two attached hydrogens (primary N) is 1. The maximum absolute atomic E-state index is 8.50. The third kappa shape index (κ3) is 4.12. The Bertz CT molecular complexity index is 898. The molecule has 0 aliphatic rings. The molecular weight excluding hydrogens is 369 g/mol. The molecule has 3 aromatic rings. The lowest BCUT2D eigenvalue weighted by atomic mass is 10.0. The summed E-state index contributed by atoms with van der Waals surface area (Å²) >= 11 is 12.4. The molecule has 2 aromatic carbocycles. The van der Waals surface area contributed by atoms with Crippen LogP contribution in [0.4, 0.5) is 11.6 Å². The molecule has 3 rings (SSSR count). The summed E-state index contributed by atoms with van der Waals surface area (Å²) in [5, 5.41) is 12.0. The molecule has 0 bridgehead atoms. The van der Waals surface area contributed by atoms with Crippen molar-refractivity contribution in [2.24, 2.45) is 0 Å². The zero-order chi connectivity index (χ0) is 18.5. The molecule has 0 aliphatic carbocycles. The average Bonchev–Trinajstić information content (AvgIpc) is 2.67. The Kier molecular flexibility index (Phi) is 5.71. The zero-order valence-electron chi connectivity index (χ0n) is 13.8. The van der Waals surface area contributed by atoms with Gasteiger partial charge in [0.2, 0.25) is 0 Å². The Morgan fingerprint density at radius 1 is 1.08 bits per heavy atom. The monoisotopic (exact) mass is 385 g/mol. The van der Waals surface area contributed by atoms with Crippen LogP contribution >= 0.6 is 23.2 Å². The van der Waals surface area contributed by atoms with Crippen LogP contribution in [-0.4, -0.2) is 22.2 Å². The van der Waals surface area contributed by atoms with Crippen LogP contribution in [0.25, 0.3) is 0 Å². The molecule has 0 spiro atoms. The van der Waals surface area contributed by atoms with E-state index < -0.39 is 0 Å². The van der Waals surface area contributed by atoms with Gasteiger partial charge < -0.3 is 11.1 Å². The third-order valence-corrected chi connectivity index (χ3v) is 4.53. The Balaban J connectivity index is 1.83. The van der Waals surface area contributed by atoms with Crippen molar-refractivity contribution in [2.45, 2.75) is 5.38 Å². The molecule has 5 nitrogen and oxygen atoms in total. The van der Waals surface area contributed by atoms with Crippen molar-refractivity contribution in [1.82, 2.24) is 9.97 Å². The standard InChI is InChI=1S/C19H17Cl2N5/c20-14-8-6-13(7-9-14)17(22)16-18(23)25-11-26-19(16)24-10-15(21)12-4-2-1-3-5-12/h1-9,11,15,22H,10H2,(H3,23,24,25,26). The third-order valence-electron chi connectivity index (χ3n) is 3.87. The summed E-state index contributed by atoms with van der Waals surface area (Å²) in [6, 6.07) is 16.7. The molecule has 0 fully saturated rings. The van der Waals surface area contributed by atoms with E-state index in [1.165, 1.54) is 6.33 Å². The van der Waals surface area contributed by atoms with Crippen molar-refractivity contribution in [2.75, 3.05) is 17.6 Å². The minimum Gasteiger partial charge on any atom is -0.383 e. The minimum atomic E-state index is -0.245. The van der Waals surface area contributed by atoms with Crippen LogP contribution in [-0.2, 0) is 0 Å². The van der Waals surface area contributed by atoms with E-state index in [9.17, 15) is 0 Å². The predicted octanol–water partition coefficient (Wildman–Crippen LogP) is 4.52. The van der Waals surface area contributed by atoms with Gasteiger partial charge in [0.1, 0.15) is 18.0 Å². The second kappa shape index (κ2) is 8.17. The first-order valence-corrected chi connectivity index (χ1v) is 8.76. The quantitative estimate of drug-likeness (QED) is 0.429. The summed E-state index contributed by atoms with van der Waals surface area (Å²) in [6.07, 6.45) is 1.36. The maximum Gasteiger partial charge on any atom is 0.141 e. The van der Waals surface area contributed by atoms with Crippen molar-refractivity contribution in [3.63, 3.8) is 0 Å². The van der Waals surface area contributed by atoms with E-state index in [2.05, 4.69) is 15.3 Å². The van der Waals surface area contributed by atoms with Gasteiger partial charge in [0.15, 0.2) is 0 Å². The topological polar surface area (TPSA) is 87.7 Å². The Hall–Kier alpha value is -2.63. The van der Waals surface area contributed by atoms with Gasteiger partial charge in [-0.2, -0.15) is 0 Å². The number of benzene rings is 2. The lowest BCUT2D eigenvalue weighted by molar-refractivity contribution is 0.962. The highest BCUT2D eigenvalue weighted by Gasteiger charge is 2.17. The van der Waals surface area contributed by atoms with E-state index in [-0.39, 0.29) is 16.9 Å². The van der Waals surface area contributed by atoms with Crippen LogP contribution in [0, 0.1) is 5.41 Å². The summed E-state index contributed by atoms with van der Waals surface area (Å²) in [4.78, 5) is 8.26. The van der Waals surface area contributed by atoms with E-state index in [0.717, 1.165) is 5.56 Å². The number of nitrogen functional groups attached to an aromatic ring is 1. The number of anilines is 2. The molecule has 26 heavy (non-hydrogen) atoms. The lowest BCUT2D eigenvalue weighted by Gasteiger charge is -2.16. The SMILES string of the molecule is N=C(c1ccc(Cl)cc1)c1c(N)ncnc1NCC(Cl)c1ccccc1. The summed E-state index contributed by atoms with van der Waals surface area (Å²) in [6.45, 7) is 0.433. The molecule has 0 amide bonds. The van der Waals surface area contributed by atoms with Crippen molar-refractivity contribution < 1.29 is 0 Å². The maximum atomic E-state index is 8.50. The molecule has 1 unspecified atom stereocenters. The summed E-state index contributed by atoms with van der Waals surface area (Å²) in [7, 11) is 0. The van der Waals surface area contributed by atoms with Crippen LogP contribution < -0.4 is 11.1 Å². The number of rotatable bonds is 6. The summed E-state index contributed by atoms with van der Waals surface area (Å²) in [5.41, 5.74) is 8.34. The van der Waals surface area contributed by atoms with E-state index in [1.54, 1.807) is 24.3 Å². The van der Waals surface area contributed by atoms with Crippen molar-refractivity contribution in [3.05, 3.63) is 82.6 Å². The van der Waals surface area contributed by atoms with Crippen molar-refractivity contribution in [3.8, 4) is 0 Å². The molecule has 1 heterocycles. The first-order valence-electron chi connectivity index (χ1n) is 7.94. The number of aromatic nitrogens is 2. The van der Waals surface area contributed by atoms with Crippen molar-refractivity contribution in [1.29, 1.82) is 5.41 Å². The second-order valence-corrected chi connectivity index (χ2v) is 6.59. The van der Waals surface area contributed by atoms with E-state index in [0.29, 0.717) is 28.5 Å². The number of halogens is 2. The molecule has 7 heteroatoms. The molecule has 0 radical (unpaired) electrons. The highest BCUT2D eigenvalue weighted by Crippen LogP contribution is 2.25. The minimum absolute atomic E-state index is 0.216. The highest BCUT2D eigenvalue weighted by atomic mass is 35.5. The van der Waals surface area contributed by atoms with Crippen LogP contribution in [0.2, 0.25) is 5.02 Å². The predicted molar refractivity (Wildman–Crippen MR) is 107 cm³/mol. The largest absolute Gasteiger partial charge is 0.383 e.